The van der Waals surface area contributed by atoms with Crippen LogP contribution in [0.5, 0.6) is 11.5 Å². The number of amides is 1. The fourth-order valence-corrected chi connectivity index (χ4v) is 2.26. The van der Waals surface area contributed by atoms with E-state index in [4.69, 9.17) is 14.6 Å². The molecule has 6 nitrogen and oxygen atoms in total. The Morgan fingerprint density at radius 1 is 1.15 bits per heavy atom. The molecule has 26 heavy (non-hydrogen) atoms. The highest BCUT2D eigenvalue weighted by Crippen LogP contribution is 2.19. The predicted octanol–water partition coefficient (Wildman–Crippen LogP) is 3.26. The third-order valence-electron chi connectivity index (χ3n) is 3.52. The van der Waals surface area contributed by atoms with Crippen molar-refractivity contribution >= 4 is 17.6 Å². The lowest BCUT2D eigenvalue weighted by Gasteiger charge is -2.09. The zero-order valence-electron chi connectivity index (χ0n) is 14.3. The summed E-state index contributed by atoms with van der Waals surface area (Å²) in [5.41, 5.74) is 1.13. The molecule has 1 amide bonds. The molecule has 0 heterocycles. The number of rotatable bonds is 9. The lowest BCUT2D eigenvalue weighted by Crippen LogP contribution is -2.14. The highest BCUT2D eigenvalue weighted by Gasteiger charge is 2.08. The minimum Gasteiger partial charge on any atom is -0.494 e. The molecule has 138 valence electrons. The minimum absolute atomic E-state index is 0.0361. The van der Waals surface area contributed by atoms with Gasteiger partial charge in [0.15, 0.2) is 11.6 Å². The molecule has 0 aromatic heterocycles. The van der Waals surface area contributed by atoms with Crippen LogP contribution < -0.4 is 14.8 Å². The molecule has 0 aliphatic rings. The van der Waals surface area contributed by atoms with Crippen LogP contribution in [0.2, 0.25) is 0 Å². The summed E-state index contributed by atoms with van der Waals surface area (Å²) in [4.78, 5) is 22.5. The molecule has 2 N–H and O–H groups in total. The number of carbonyl (C=O) groups excluding carboxylic acids is 1. The van der Waals surface area contributed by atoms with Gasteiger partial charge in [-0.15, -0.1) is 0 Å². The van der Waals surface area contributed by atoms with E-state index >= 15 is 0 Å². The van der Waals surface area contributed by atoms with Crippen LogP contribution in [0.15, 0.2) is 42.5 Å². The zero-order chi connectivity index (χ0) is 18.9. The van der Waals surface area contributed by atoms with Gasteiger partial charge in [-0.3, -0.25) is 9.59 Å². The van der Waals surface area contributed by atoms with Crippen LogP contribution in [-0.4, -0.2) is 30.7 Å². The Labute approximate surface area is 150 Å². The second-order valence-corrected chi connectivity index (χ2v) is 5.56. The zero-order valence-corrected chi connectivity index (χ0v) is 14.3. The smallest absolute Gasteiger partial charge is 0.303 e. The summed E-state index contributed by atoms with van der Waals surface area (Å²) in [6.07, 6.45) is 0.515. The lowest BCUT2D eigenvalue weighted by molar-refractivity contribution is -0.137. The van der Waals surface area contributed by atoms with Crippen LogP contribution in [0.3, 0.4) is 0 Å². The average molecular weight is 361 g/mol. The molecule has 0 aliphatic heterocycles. The molecule has 0 spiro atoms. The quantitative estimate of drug-likeness (QED) is 0.670. The molecular weight excluding hydrogens is 341 g/mol. The number of halogens is 1. The summed E-state index contributed by atoms with van der Waals surface area (Å²) in [5, 5.41) is 11.3. The van der Waals surface area contributed by atoms with Gasteiger partial charge in [-0.25, -0.2) is 4.39 Å². The van der Waals surface area contributed by atoms with Gasteiger partial charge in [-0.2, -0.15) is 0 Å². The maximum atomic E-state index is 13.6. The Balaban J connectivity index is 1.83. The second kappa shape index (κ2) is 9.41. The number of benzene rings is 2. The van der Waals surface area contributed by atoms with Crippen molar-refractivity contribution in [3.05, 3.63) is 53.8 Å². The highest BCUT2D eigenvalue weighted by atomic mass is 19.1. The minimum atomic E-state index is -0.858. The summed E-state index contributed by atoms with van der Waals surface area (Å²) in [7, 11) is 1.38. The number of anilines is 1. The number of ether oxygens (including phenoxy) is 2. The molecule has 0 radical (unpaired) electrons. The van der Waals surface area contributed by atoms with E-state index in [2.05, 4.69) is 5.32 Å². The molecule has 0 saturated carbocycles. The van der Waals surface area contributed by atoms with Gasteiger partial charge in [0.05, 0.1) is 20.1 Å². The number of aliphatic carboxylic acids is 1. The number of methoxy groups -OCH3 is 1. The van der Waals surface area contributed by atoms with Crippen molar-refractivity contribution < 1.29 is 28.6 Å². The molecule has 0 saturated heterocycles. The molecule has 7 heteroatoms. The van der Waals surface area contributed by atoms with E-state index in [1.807, 2.05) is 0 Å². The summed E-state index contributed by atoms with van der Waals surface area (Å²) < 4.78 is 23.9. The van der Waals surface area contributed by atoms with Gasteiger partial charge in [0.1, 0.15) is 5.75 Å². The first-order valence-electron chi connectivity index (χ1n) is 8.05. The van der Waals surface area contributed by atoms with Crippen LogP contribution >= 0.6 is 0 Å². The third kappa shape index (κ3) is 6.08. The van der Waals surface area contributed by atoms with Gasteiger partial charge in [0.25, 0.3) is 0 Å². The molecule has 2 aromatic rings. The normalized spacial score (nSPS) is 10.2. The van der Waals surface area contributed by atoms with E-state index in [9.17, 15) is 14.0 Å². The standard InChI is InChI=1S/C19H20FNO5/c1-25-17-9-4-13(11-16(17)20)12-18(22)21-14-5-7-15(8-6-14)26-10-2-3-19(23)24/h4-9,11H,2-3,10,12H2,1H3,(H,21,22)(H,23,24). The fourth-order valence-electron chi connectivity index (χ4n) is 2.26. The van der Waals surface area contributed by atoms with Gasteiger partial charge < -0.3 is 19.9 Å². The van der Waals surface area contributed by atoms with Crippen LogP contribution in [0.25, 0.3) is 0 Å². The van der Waals surface area contributed by atoms with Crippen molar-refractivity contribution in [1.82, 2.24) is 0 Å². The summed E-state index contributed by atoms with van der Waals surface area (Å²) in [6.45, 7) is 0.307. The Hall–Kier alpha value is -3.09. The summed E-state index contributed by atoms with van der Waals surface area (Å²) in [6, 6.07) is 11.1. The Bertz CT molecular complexity index is 761. The van der Waals surface area contributed by atoms with E-state index < -0.39 is 11.8 Å². The second-order valence-electron chi connectivity index (χ2n) is 5.56. The molecule has 0 aliphatic carbocycles. The van der Waals surface area contributed by atoms with E-state index in [1.165, 1.54) is 19.2 Å². The average Bonchev–Trinajstić information content (AvgIpc) is 2.60. The van der Waals surface area contributed by atoms with Crippen molar-refractivity contribution in [2.75, 3.05) is 19.0 Å². The Kier molecular flexibility index (Phi) is 6.96. The number of nitrogens with one attached hydrogen (secondary N) is 1. The van der Waals surface area contributed by atoms with Gasteiger partial charge in [0, 0.05) is 12.1 Å². The van der Waals surface area contributed by atoms with Crippen molar-refractivity contribution in [1.29, 1.82) is 0 Å². The van der Waals surface area contributed by atoms with Gasteiger partial charge in [-0.05, 0) is 48.4 Å². The number of carboxylic acid groups (broad SMARTS) is 1. The Morgan fingerprint density at radius 2 is 1.88 bits per heavy atom. The highest BCUT2D eigenvalue weighted by molar-refractivity contribution is 5.92. The first kappa shape index (κ1) is 19.2. The van der Waals surface area contributed by atoms with E-state index in [-0.39, 0.29) is 24.5 Å². The maximum Gasteiger partial charge on any atom is 0.303 e. The lowest BCUT2D eigenvalue weighted by atomic mass is 10.1. The summed E-state index contributed by atoms with van der Waals surface area (Å²) in [5.74, 6) is -0.922. The predicted molar refractivity (Wildman–Crippen MR) is 94.1 cm³/mol. The maximum absolute atomic E-state index is 13.6. The van der Waals surface area contributed by atoms with E-state index in [0.717, 1.165) is 0 Å². The third-order valence-corrected chi connectivity index (χ3v) is 3.52. The number of hydrogen-bond donors (Lipinski definition) is 2. The number of carbonyl (C=O) groups is 2. The fraction of sp³-hybridized carbons (Fsp3) is 0.263. The molecule has 2 rings (SSSR count). The first-order chi connectivity index (χ1) is 12.5. The SMILES string of the molecule is COc1ccc(CC(=O)Nc2ccc(OCCCC(=O)O)cc2)cc1F. The van der Waals surface area contributed by atoms with Crippen molar-refractivity contribution in [3.8, 4) is 11.5 Å². The van der Waals surface area contributed by atoms with Gasteiger partial charge in [0.2, 0.25) is 5.91 Å². The first-order valence-corrected chi connectivity index (χ1v) is 8.05. The molecular formula is C19H20FNO5. The van der Waals surface area contributed by atoms with Crippen LogP contribution in [0.1, 0.15) is 18.4 Å². The van der Waals surface area contributed by atoms with Crippen LogP contribution in [0, 0.1) is 5.82 Å². The van der Waals surface area contributed by atoms with Gasteiger partial charge >= 0.3 is 5.97 Å². The van der Waals surface area contributed by atoms with Crippen molar-refractivity contribution in [2.45, 2.75) is 19.3 Å². The molecule has 0 fully saturated rings. The largest absolute Gasteiger partial charge is 0.494 e. The van der Waals surface area contributed by atoms with Gasteiger partial charge in [-0.1, -0.05) is 6.07 Å². The molecule has 0 atom stereocenters. The topological polar surface area (TPSA) is 84.9 Å². The molecule has 2 aromatic carbocycles. The van der Waals surface area contributed by atoms with Crippen LogP contribution in [-0.2, 0) is 16.0 Å². The van der Waals surface area contributed by atoms with E-state index in [1.54, 1.807) is 30.3 Å². The van der Waals surface area contributed by atoms with Crippen molar-refractivity contribution in [2.24, 2.45) is 0 Å². The van der Waals surface area contributed by atoms with E-state index in [0.29, 0.717) is 30.0 Å². The summed E-state index contributed by atoms with van der Waals surface area (Å²) >= 11 is 0. The van der Waals surface area contributed by atoms with Crippen molar-refractivity contribution in [3.63, 3.8) is 0 Å². The molecule has 0 bridgehead atoms. The monoisotopic (exact) mass is 361 g/mol. The number of hydrogen-bond acceptors (Lipinski definition) is 4. The number of carboxylic acids is 1. The molecule has 0 unspecified atom stereocenters. The Morgan fingerprint density at radius 3 is 2.50 bits per heavy atom. The van der Waals surface area contributed by atoms with Crippen LogP contribution in [0.4, 0.5) is 10.1 Å².